The van der Waals surface area contributed by atoms with Gasteiger partial charge in [-0.3, -0.25) is 14.1 Å². The Hall–Kier alpha value is -3.03. The average Bonchev–Trinajstić information content (AvgIpc) is 2.84. The van der Waals surface area contributed by atoms with E-state index in [4.69, 9.17) is 18.8 Å². The summed E-state index contributed by atoms with van der Waals surface area (Å²) in [5.41, 5.74) is 0.756. The summed E-state index contributed by atoms with van der Waals surface area (Å²) in [6, 6.07) is 9.28. The first-order valence-corrected chi connectivity index (χ1v) is 12.6. The third-order valence-electron chi connectivity index (χ3n) is 5.37. The fraction of sp³-hybridized carbons (Fsp3) is 0.417. The number of aromatic hydroxyl groups is 1. The minimum atomic E-state index is -4.05. The quantitative estimate of drug-likeness (QED) is 0.189. The summed E-state index contributed by atoms with van der Waals surface area (Å²) >= 11 is 0. The van der Waals surface area contributed by atoms with Crippen LogP contribution in [0.3, 0.4) is 0 Å². The number of phenolic OH excluding ortho intramolecular Hbond substituents is 1. The van der Waals surface area contributed by atoms with Gasteiger partial charge >= 0.3 is 0 Å². The number of carbonyl (C=O) groups is 2. The number of nitrogens with one attached hydrogen (secondary N) is 1. The molecule has 0 aliphatic rings. The second-order valence-electron chi connectivity index (χ2n) is 8.06. The Morgan fingerprint density at radius 3 is 2.28 bits per heavy atom. The molecule has 0 aromatic heterocycles. The minimum Gasteiger partial charge on any atom is -0.504 e. The number of amides is 1. The zero-order valence-corrected chi connectivity index (χ0v) is 21.5. The maximum Gasteiger partial charge on any atom is 0.264 e. The van der Waals surface area contributed by atoms with Crippen molar-refractivity contribution in [3.05, 3.63) is 58.7 Å². The van der Waals surface area contributed by atoms with Crippen LogP contribution in [0, 0.1) is 0 Å². The highest BCUT2D eigenvalue weighted by Gasteiger charge is 2.24. The van der Waals surface area contributed by atoms with Crippen molar-refractivity contribution < 1.29 is 41.9 Å². The van der Waals surface area contributed by atoms with Crippen LogP contribution in [0.2, 0.25) is 0 Å². The van der Waals surface area contributed by atoms with Gasteiger partial charge in [0.05, 0.1) is 30.5 Å². The van der Waals surface area contributed by atoms with Gasteiger partial charge in [0.1, 0.15) is 0 Å². The summed E-state index contributed by atoms with van der Waals surface area (Å²) in [5.74, 6) is -1.75. The number of ketones is 1. The van der Waals surface area contributed by atoms with Crippen molar-refractivity contribution in [2.24, 2.45) is 0 Å². The van der Waals surface area contributed by atoms with Crippen molar-refractivity contribution >= 4 is 21.8 Å². The van der Waals surface area contributed by atoms with Gasteiger partial charge in [0, 0.05) is 26.3 Å². The lowest BCUT2D eigenvalue weighted by Crippen LogP contribution is -2.34. The predicted octanol–water partition coefficient (Wildman–Crippen LogP) is 1.69. The minimum absolute atomic E-state index is 0.0532. The first-order chi connectivity index (χ1) is 17.0. The standard InChI is InChI=1S/C24H32N2O9S/c1-26(10-7-11-36(30,31)32)15-16-12-19(23(28)20(13-16)33-2)22(27)17-8-5-6-9-18(17)24(29)25-14-21(34-3)35-4/h5-6,8-9,12-13,21,28H,7,10-11,14-15H2,1-4H3,(H,25,29)(H,30,31,32). The third kappa shape index (κ3) is 8.28. The number of rotatable bonds is 14. The maximum atomic E-state index is 13.5. The number of nitrogens with zero attached hydrogens (tertiary/aromatic N) is 1. The summed E-state index contributed by atoms with van der Waals surface area (Å²) in [7, 11) is 1.92. The number of methoxy groups -OCH3 is 3. The van der Waals surface area contributed by atoms with Crippen LogP contribution in [0.1, 0.15) is 38.3 Å². The highest BCUT2D eigenvalue weighted by atomic mass is 32.2. The molecule has 0 bridgehead atoms. The molecule has 0 aliphatic heterocycles. The summed E-state index contributed by atoms with van der Waals surface area (Å²) in [6.07, 6.45) is -0.442. The molecule has 0 atom stereocenters. The maximum absolute atomic E-state index is 13.5. The molecule has 0 fully saturated rings. The van der Waals surface area contributed by atoms with E-state index in [1.54, 1.807) is 30.1 Å². The number of ether oxygens (including phenoxy) is 3. The Morgan fingerprint density at radius 2 is 1.69 bits per heavy atom. The Balaban J connectivity index is 2.31. The lowest BCUT2D eigenvalue weighted by atomic mass is 9.95. The van der Waals surface area contributed by atoms with E-state index in [0.717, 1.165) is 0 Å². The number of benzene rings is 2. The molecule has 0 saturated heterocycles. The first kappa shape index (κ1) is 29.2. The van der Waals surface area contributed by atoms with E-state index < -0.39 is 28.1 Å². The van der Waals surface area contributed by atoms with Gasteiger partial charge in [-0.15, -0.1) is 0 Å². The summed E-state index contributed by atoms with van der Waals surface area (Å²) in [4.78, 5) is 28.1. The molecule has 2 aromatic carbocycles. The summed E-state index contributed by atoms with van der Waals surface area (Å²) in [5, 5.41) is 13.3. The van der Waals surface area contributed by atoms with Crippen LogP contribution in [0.4, 0.5) is 0 Å². The summed E-state index contributed by atoms with van der Waals surface area (Å²) in [6.45, 7) is 0.728. The molecular formula is C24H32N2O9S. The van der Waals surface area contributed by atoms with Gasteiger partial charge in [-0.05, 0) is 43.8 Å². The highest BCUT2D eigenvalue weighted by Crippen LogP contribution is 2.34. The van der Waals surface area contributed by atoms with Crippen LogP contribution in [0.15, 0.2) is 36.4 Å². The second kappa shape index (κ2) is 13.3. The zero-order chi connectivity index (χ0) is 26.9. The number of carbonyl (C=O) groups excluding carboxylic acids is 2. The number of phenols is 1. The Labute approximate surface area is 210 Å². The zero-order valence-electron chi connectivity index (χ0n) is 20.7. The first-order valence-electron chi connectivity index (χ1n) is 11.0. The lowest BCUT2D eigenvalue weighted by molar-refractivity contribution is -0.0974. The van der Waals surface area contributed by atoms with Gasteiger partial charge in [-0.25, -0.2) is 0 Å². The predicted molar refractivity (Wildman–Crippen MR) is 132 cm³/mol. The molecule has 0 unspecified atom stereocenters. The lowest BCUT2D eigenvalue weighted by Gasteiger charge is -2.19. The molecule has 0 saturated carbocycles. The summed E-state index contributed by atoms with van der Waals surface area (Å²) < 4.78 is 46.2. The normalized spacial score (nSPS) is 11.6. The van der Waals surface area contributed by atoms with E-state index in [2.05, 4.69) is 5.32 Å². The van der Waals surface area contributed by atoms with E-state index in [1.165, 1.54) is 39.5 Å². The molecule has 1 amide bonds. The molecule has 3 N–H and O–H groups in total. The Morgan fingerprint density at radius 1 is 1.06 bits per heavy atom. The van der Waals surface area contributed by atoms with Gasteiger partial charge in [0.15, 0.2) is 23.6 Å². The van der Waals surface area contributed by atoms with E-state index >= 15 is 0 Å². The van der Waals surface area contributed by atoms with E-state index in [-0.39, 0.29) is 46.9 Å². The molecular weight excluding hydrogens is 492 g/mol. The van der Waals surface area contributed by atoms with Gasteiger partial charge in [0.2, 0.25) is 0 Å². The van der Waals surface area contributed by atoms with Gasteiger partial charge in [0.25, 0.3) is 16.0 Å². The molecule has 11 nitrogen and oxygen atoms in total. The third-order valence-corrected chi connectivity index (χ3v) is 6.17. The molecule has 0 spiro atoms. The van der Waals surface area contributed by atoms with Crippen LogP contribution in [0.25, 0.3) is 0 Å². The van der Waals surface area contributed by atoms with Crippen LogP contribution in [0.5, 0.6) is 11.5 Å². The van der Waals surface area contributed by atoms with Crippen molar-refractivity contribution in [1.29, 1.82) is 0 Å². The molecule has 0 radical (unpaired) electrons. The SMILES string of the molecule is COc1cc(CN(C)CCCS(=O)(=O)O)cc(C(=O)c2ccccc2C(=O)NCC(OC)OC)c1O. The average molecular weight is 525 g/mol. The molecule has 198 valence electrons. The van der Waals surface area contributed by atoms with Crippen molar-refractivity contribution in [1.82, 2.24) is 10.2 Å². The largest absolute Gasteiger partial charge is 0.504 e. The number of hydrogen-bond donors (Lipinski definition) is 3. The van der Waals surface area contributed by atoms with E-state index in [0.29, 0.717) is 18.7 Å². The van der Waals surface area contributed by atoms with Gasteiger partial charge in [-0.2, -0.15) is 8.42 Å². The molecule has 0 heterocycles. The van der Waals surface area contributed by atoms with Crippen LogP contribution in [-0.4, -0.2) is 88.2 Å². The molecule has 36 heavy (non-hydrogen) atoms. The van der Waals surface area contributed by atoms with Crippen molar-refractivity contribution in [3.8, 4) is 11.5 Å². The highest BCUT2D eigenvalue weighted by molar-refractivity contribution is 7.85. The van der Waals surface area contributed by atoms with Crippen molar-refractivity contribution in [2.45, 2.75) is 19.3 Å². The topological polar surface area (TPSA) is 152 Å². The fourth-order valence-electron chi connectivity index (χ4n) is 3.55. The second-order valence-corrected chi connectivity index (χ2v) is 9.63. The van der Waals surface area contributed by atoms with Crippen LogP contribution >= 0.6 is 0 Å². The van der Waals surface area contributed by atoms with Crippen LogP contribution in [-0.2, 0) is 26.1 Å². The van der Waals surface area contributed by atoms with Crippen molar-refractivity contribution in [3.63, 3.8) is 0 Å². The van der Waals surface area contributed by atoms with E-state index in [9.17, 15) is 23.1 Å². The molecule has 0 aliphatic carbocycles. The van der Waals surface area contributed by atoms with E-state index in [1.807, 2.05) is 0 Å². The van der Waals surface area contributed by atoms with Gasteiger partial charge in [-0.1, -0.05) is 18.2 Å². The molecule has 2 aromatic rings. The van der Waals surface area contributed by atoms with Crippen molar-refractivity contribution in [2.75, 3.05) is 47.2 Å². The molecule has 2 rings (SSSR count). The fourth-order valence-corrected chi connectivity index (χ4v) is 4.04. The Kier molecular flexibility index (Phi) is 10.8. The smallest absolute Gasteiger partial charge is 0.264 e. The monoisotopic (exact) mass is 524 g/mol. The number of hydrogen-bond acceptors (Lipinski definition) is 9. The Bertz CT molecular complexity index is 1160. The molecule has 12 heteroatoms. The van der Waals surface area contributed by atoms with Gasteiger partial charge < -0.3 is 29.5 Å². The van der Waals surface area contributed by atoms with Crippen LogP contribution < -0.4 is 10.1 Å².